The van der Waals surface area contributed by atoms with E-state index in [4.69, 9.17) is 37.9 Å². The van der Waals surface area contributed by atoms with Crippen LogP contribution in [0, 0.1) is 0 Å². The highest BCUT2D eigenvalue weighted by Gasteiger charge is 2.20. The quantitative estimate of drug-likeness (QED) is 0.756. The summed E-state index contributed by atoms with van der Waals surface area (Å²) in [5, 5.41) is 4.68. The lowest BCUT2D eigenvalue weighted by molar-refractivity contribution is 0.421. The molecular weight excluding hydrogens is 287 g/mol. The van der Waals surface area contributed by atoms with Crippen LogP contribution in [0.15, 0.2) is 45.5 Å². The van der Waals surface area contributed by atoms with Crippen molar-refractivity contribution < 1.29 is 8.94 Å². The summed E-state index contributed by atoms with van der Waals surface area (Å²) in [6.07, 6.45) is 1.55. The molecule has 2 heterocycles. The van der Waals surface area contributed by atoms with Crippen LogP contribution in [-0.4, -0.2) is 5.16 Å². The molecule has 0 spiro atoms. The van der Waals surface area contributed by atoms with Crippen molar-refractivity contribution in [1.82, 2.24) is 5.16 Å². The van der Waals surface area contributed by atoms with E-state index in [2.05, 4.69) is 5.16 Å². The number of rotatable bonds is 2. The van der Waals surface area contributed by atoms with Gasteiger partial charge in [-0.15, -0.1) is 0 Å². The molecule has 0 atom stereocenters. The molecule has 0 amide bonds. The van der Waals surface area contributed by atoms with E-state index in [-0.39, 0.29) is 5.82 Å². The van der Waals surface area contributed by atoms with E-state index in [1.165, 1.54) is 0 Å². The molecule has 0 fully saturated rings. The van der Waals surface area contributed by atoms with Gasteiger partial charge in [0.25, 0.3) is 0 Å². The zero-order valence-electron chi connectivity index (χ0n) is 9.56. The summed E-state index contributed by atoms with van der Waals surface area (Å²) in [4.78, 5) is 0. The summed E-state index contributed by atoms with van der Waals surface area (Å²) < 4.78 is 10.5. The van der Waals surface area contributed by atoms with Gasteiger partial charge < -0.3 is 14.7 Å². The Balaban J connectivity index is 2.19. The molecule has 0 bridgehead atoms. The SMILES string of the molecule is Nc1noc(-c2ccco2)c1-c1ccc(Cl)c(Cl)c1. The van der Waals surface area contributed by atoms with Crippen LogP contribution < -0.4 is 5.73 Å². The molecule has 3 aromatic rings. The van der Waals surface area contributed by atoms with Crippen LogP contribution in [0.25, 0.3) is 22.6 Å². The molecular formula is C13H8Cl2N2O2. The molecule has 0 saturated carbocycles. The molecule has 0 aliphatic rings. The molecule has 2 aromatic heterocycles. The summed E-state index contributed by atoms with van der Waals surface area (Å²) in [5.74, 6) is 1.27. The van der Waals surface area contributed by atoms with Gasteiger partial charge in [-0.05, 0) is 29.8 Å². The fourth-order valence-electron chi connectivity index (χ4n) is 1.81. The van der Waals surface area contributed by atoms with Crippen LogP contribution in [0.5, 0.6) is 0 Å². The van der Waals surface area contributed by atoms with Crippen LogP contribution >= 0.6 is 23.2 Å². The highest BCUT2D eigenvalue weighted by Crippen LogP contribution is 2.38. The number of nitrogen functional groups attached to an aromatic ring is 1. The van der Waals surface area contributed by atoms with E-state index < -0.39 is 0 Å². The van der Waals surface area contributed by atoms with E-state index in [0.717, 1.165) is 5.56 Å². The molecule has 96 valence electrons. The predicted octanol–water partition coefficient (Wildman–Crippen LogP) is 4.49. The van der Waals surface area contributed by atoms with Gasteiger partial charge in [-0.1, -0.05) is 34.4 Å². The molecule has 0 aliphatic carbocycles. The highest BCUT2D eigenvalue weighted by molar-refractivity contribution is 6.42. The lowest BCUT2D eigenvalue weighted by Crippen LogP contribution is -1.88. The van der Waals surface area contributed by atoms with Crippen molar-refractivity contribution in [3.05, 3.63) is 46.6 Å². The minimum absolute atomic E-state index is 0.268. The third kappa shape index (κ3) is 2.09. The maximum Gasteiger partial charge on any atom is 0.212 e. The largest absolute Gasteiger partial charge is 0.461 e. The van der Waals surface area contributed by atoms with Crippen LogP contribution in [0.4, 0.5) is 5.82 Å². The van der Waals surface area contributed by atoms with Crippen molar-refractivity contribution in [3.8, 4) is 22.6 Å². The van der Waals surface area contributed by atoms with Gasteiger partial charge in [0.15, 0.2) is 11.6 Å². The number of hydrogen-bond acceptors (Lipinski definition) is 4. The van der Waals surface area contributed by atoms with E-state index >= 15 is 0 Å². The van der Waals surface area contributed by atoms with Crippen LogP contribution in [-0.2, 0) is 0 Å². The van der Waals surface area contributed by atoms with Crippen molar-refractivity contribution in [2.45, 2.75) is 0 Å². The first kappa shape index (κ1) is 12.1. The number of benzene rings is 1. The number of nitrogens with zero attached hydrogens (tertiary/aromatic N) is 1. The Morgan fingerprint density at radius 2 is 1.95 bits per heavy atom. The molecule has 4 nitrogen and oxygen atoms in total. The molecule has 6 heteroatoms. The second kappa shape index (κ2) is 4.64. The van der Waals surface area contributed by atoms with Gasteiger partial charge in [0.05, 0.1) is 21.9 Å². The fraction of sp³-hybridized carbons (Fsp3) is 0. The fourth-order valence-corrected chi connectivity index (χ4v) is 2.11. The summed E-state index contributed by atoms with van der Waals surface area (Å²) >= 11 is 11.9. The standard InChI is InChI=1S/C13H8Cl2N2O2/c14-8-4-3-7(6-9(8)15)11-12(19-17-13(11)16)10-2-1-5-18-10/h1-6H,(H2,16,17). The number of halogens is 2. The monoisotopic (exact) mass is 294 g/mol. The van der Waals surface area contributed by atoms with Crippen molar-refractivity contribution in [3.63, 3.8) is 0 Å². The van der Waals surface area contributed by atoms with Crippen molar-refractivity contribution >= 4 is 29.0 Å². The average molecular weight is 295 g/mol. The Morgan fingerprint density at radius 1 is 1.11 bits per heavy atom. The maximum atomic E-state index is 6.01. The molecule has 1 aromatic carbocycles. The Kier molecular flexibility index (Phi) is 2.97. The second-order valence-electron chi connectivity index (χ2n) is 3.88. The molecule has 0 saturated heterocycles. The van der Waals surface area contributed by atoms with Gasteiger partial charge in [0.1, 0.15) is 0 Å². The summed E-state index contributed by atoms with van der Waals surface area (Å²) in [7, 11) is 0. The predicted molar refractivity (Wildman–Crippen MR) is 74.1 cm³/mol. The van der Waals surface area contributed by atoms with E-state index in [1.807, 2.05) is 0 Å². The Bertz CT molecular complexity index is 720. The van der Waals surface area contributed by atoms with Gasteiger partial charge in [-0.25, -0.2) is 0 Å². The van der Waals surface area contributed by atoms with Crippen molar-refractivity contribution in [1.29, 1.82) is 0 Å². The maximum absolute atomic E-state index is 6.01. The third-order valence-corrected chi connectivity index (χ3v) is 3.41. The summed E-state index contributed by atoms with van der Waals surface area (Å²) in [6, 6.07) is 8.72. The average Bonchev–Trinajstić information content (AvgIpc) is 3.01. The third-order valence-electron chi connectivity index (χ3n) is 2.67. The number of hydrogen-bond donors (Lipinski definition) is 1. The van der Waals surface area contributed by atoms with E-state index in [0.29, 0.717) is 27.1 Å². The summed E-state index contributed by atoms with van der Waals surface area (Å²) in [6.45, 7) is 0. The number of aromatic nitrogens is 1. The van der Waals surface area contributed by atoms with Crippen LogP contribution in [0.3, 0.4) is 0 Å². The number of furan rings is 1. The number of anilines is 1. The smallest absolute Gasteiger partial charge is 0.212 e. The molecule has 0 unspecified atom stereocenters. The van der Waals surface area contributed by atoms with Gasteiger partial charge in [0.2, 0.25) is 5.76 Å². The van der Waals surface area contributed by atoms with Crippen LogP contribution in [0.1, 0.15) is 0 Å². The zero-order chi connectivity index (χ0) is 13.4. The van der Waals surface area contributed by atoms with Gasteiger partial charge >= 0.3 is 0 Å². The topological polar surface area (TPSA) is 65.2 Å². The molecule has 3 rings (SSSR count). The van der Waals surface area contributed by atoms with Gasteiger partial charge in [-0.3, -0.25) is 0 Å². The highest BCUT2D eigenvalue weighted by atomic mass is 35.5. The second-order valence-corrected chi connectivity index (χ2v) is 4.69. The van der Waals surface area contributed by atoms with E-state index in [1.54, 1.807) is 36.6 Å². The summed E-state index contributed by atoms with van der Waals surface area (Å²) in [5.41, 5.74) is 7.24. The van der Waals surface area contributed by atoms with Gasteiger partial charge in [0, 0.05) is 0 Å². The normalized spacial score (nSPS) is 10.8. The first-order valence-electron chi connectivity index (χ1n) is 5.41. The van der Waals surface area contributed by atoms with Crippen LogP contribution in [0.2, 0.25) is 10.0 Å². The first-order chi connectivity index (χ1) is 9.16. The first-order valence-corrected chi connectivity index (χ1v) is 6.17. The minimum Gasteiger partial charge on any atom is -0.461 e. The Labute approximate surface area is 118 Å². The molecule has 2 N–H and O–H groups in total. The van der Waals surface area contributed by atoms with Gasteiger partial charge in [-0.2, -0.15) is 0 Å². The lowest BCUT2D eigenvalue weighted by atomic mass is 10.0. The minimum atomic E-state index is 0.268. The Morgan fingerprint density at radius 3 is 2.63 bits per heavy atom. The van der Waals surface area contributed by atoms with Crippen molar-refractivity contribution in [2.24, 2.45) is 0 Å². The Hall–Kier alpha value is -1.91. The number of nitrogens with two attached hydrogens (primary N) is 1. The molecule has 19 heavy (non-hydrogen) atoms. The van der Waals surface area contributed by atoms with Crippen molar-refractivity contribution in [2.75, 3.05) is 5.73 Å². The molecule has 0 aliphatic heterocycles. The zero-order valence-corrected chi connectivity index (χ0v) is 11.1. The lowest BCUT2D eigenvalue weighted by Gasteiger charge is -2.03. The van der Waals surface area contributed by atoms with E-state index in [9.17, 15) is 0 Å². The molecule has 0 radical (unpaired) electrons.